The van der Waals surface area contributed by atoms with Crippen LogP contribution >= 0.6 is 0 Å². The van der Waals surface area contributed by atoms with Crippen LogP contribution in [0.15, 0.2) is 0 Å². The van der Waals surface area contributed by atoms with Crippen molar-refractivity contribution in [1.29, 1.82) is 0 Å². The molecule has 0 aliphatic carbocycles. The monoisotopic (exact) mass is 198 g/mol. The number of rotatable bonds is 5. The molecular formula is C10H18N2O2. The molecule has 0 aromatic rings. The van der Waals surface area contributed by atoms with Gasteiger partial charge in [0.1, 0.15) is 0 Å². The Labute approximate surface area is 85.6 Å². The third-order valence-electron chi connectivity index (χ3n) is 2.19. The van der Waals surface area contributed by atoms with Crippen LogP contribution in [-0.4, -0.2) is 51.1 Å². The minimum Gasteiger partial charge on any atom is -0.350 e. The molecule has 14 heavy (non-hydrogen) atoms. The van der Waals surface area contributed by atoms with E-state index in [2.05, 4.69) is 9.74 Å². The number of hydrogen-bond acceptors (Lipinski definition) is 3. The summed E-state index contributed by atoms with van der Waals surface area (Å²) in [6.07, 6.45) is 1.77. The normalized spacial score (nSPS) is 26.7. The topological polar surface area (TPSA) is 26.1 Å². The van der Waals surface area contributed by atoms with Gasteiger partial charge in [-0.15, -0.1) is 0 Å². The SMILES string of the molecule is [C-]#[N+]CCC1OCC(CCN(C)C)O1. The van der Waals surface area contributed by atoms with Crippen molar-refractivity contribution in [3.05, 3.63) is 11.4 Å². The minimum absolute atomic E-state index is 0.142. The zero-order chi connectivity index (χ0) is 10.4. The third kappa shape index (κ3) is 4.05. The van der Waals surface area contributed by atoms with Crippen LogP contribution in [0.4, 0.5) is 0 Å². The molecule has 1 rings (SSSR count). The Morgan fingerprint density at radius 1 is 1.43 bits per heavy atom. The molecule has 0 aromatic carbocycles. The van der Waals surface area contributed by atoms with Gasteiger partial charge in [0.25, 0.3) is 0 Å². The fourth-order valence-corrected chi connectivity index (χ4v) is 1.38. The Balaban J connectivity index is 2.11. The minimum atomic E-state index is -0.142. The van der Waals surface area contributed by atoms with Gasteiger partial charge in [0, 0.05) is 6.54 Å². The van der Waals surface area contributed by atoms with Gasteiger partial charge in [-0.05, 0) is 20.5 Å². The lowest BCUT2D eigenvalue weighted by molar-refractivity contribution is -0.0605. The second-order valence-corrected chi connectivity index (χ2v) is 3.78. The average Bonchev–Trinajstić information content (AvgIpc) is 2.59. The Kier molecular flexibility index (Phi) is 4.88. The zero-order valence-corrected chi connectivity index (χ0v) is 8.90. The molecular weight excluding hydrogens is 180 g/mol. The standard InChI is InChI=1S/C10H18N2O2/c1-11-6-4-10-13-8-9(14-10)5-7-12(2)3/h9-10H,4-8H2,2-3H3. The summed E-state index contributed by atoms with van der Waals surface area (Å²) >= 11 is 0. The van der Waals surface area contributed by atoms with Crippen LogP contribution in [0.25, 0.3) is 4.85 Å². The lowest BCUT2D eigenvalue weighted by atomic mass is 10.2. The van der Waals surface area contributed by atoms with Crippen molar-refractivity contribution in [2.75, 3.05) is 33.8 Å². The summed E-state index contributed by atoms with van der Waals surface area (Å²) in [5.41, 5.74) is 0. The highest BCUT2D eigenvalue weighted by Gasteiger charge is 2.25. The molecule has 2 unspecified atom stereocenters. The van der Waals surface area contributed by atoms with Crippen LogP contribution in [0.3, 0.4) is 0 Å². The van der Waals surface area contributed by atoms with Gasteiger partial charge in [0.05, 0.1) is 19.1 Å². The van der Waals surface area contributed by atoms with E-state index in [-0.39, 0.29) is 12.4 Å². The smallest absolute Gasteiger partial charge is 0.219 e. The predicted octanol–water partition coefficient (Wildman–Crippen LogP) is 0.989. The van der Waals surface area contributed by atoms with Crippen LogP contribution in [0.5, 0.6) is 0 Å². The second-order valence-electron chi connectivity index (χ2n) is 3.78. The van der Waals surface area contributed by atoms with Gasteiger partial charge in [-0.1, -0.05) is 0 Å². The molecule has 0 aromatic heterocycles. The summed E-state index contributed by atoms with van der Waals surface area (Å²) < 4.78 is 11.0. The fourth-order valence-electron chi connectivity index (χ4n) is 1.38. The first-order chi connectivity index (χ1) is 6.72. The van der Waals surface area contributed by atoms with E-state index >= 15 is 0 Å². The van der Waals surface area contributed by atoms with Gasteiger partial charge in [-0.3, -0.25) is 0 Å². The highest BCUT2D eigenvalue weighted by atomic mass is 16.7. The van der Waals surface area contributed by atoms with Crippen molar-refractivity contribution in [1.82, 2.24) is 4.90 Å². The first-order valence-corrected chi connectivity index (χ1v) is 4.97. The summed E-state index contributed by atoms with van der Waals surface area (Å²) in [4.78, 5) is 5.41. The largest absolute Gasteiger partial charge is 0.350 e. The Morgan fingerprint density at radius 3 is 2.86 bits per heavy atom. The number of hydrogen-bond donors (Lipinski definition) is 0. The Morgan fingerprint density at radius 2 is 2.21 bits per heavy atom. The molecule has 80 valence electrons. The zero-order valence-electron chi connectivity index (χ0n) is 8.90. The molecule has 0 bridgehead atoms. The molecule has 4 heteroatoms. The van der Waals surface area contributed by atoms with Crippen molar-refractivity contribution in [2.24, 2.45) is 0 Å². The van der Waals surface area contributed by atoms with Crippen LogP contribution < -0.4 is 0 Å². The molecule has 0 N–H and O–H groups in total. The van der Waals surface area contributed by atoms with Crippen molar-refractivity contribution in [3.63, 3.8) is 0 Å². The molecule has 0 spiro atoms. The van der Waals surface area contributed by atoms with Gasteiger partial charge in [-0.25, -0.2) is 6.57 Å². The van der Waals surface area contributed by atoms with Crippen molar-refractivity contribution in [3.8, 4) is 0 Å². The van der Waals surface area contributed by atoms with E-state index in [1.807, 2.05) is 14.1 Å². The first-order valence-electron chi connectivity index (χ1n) is 4.97. The summed E-state index contributed by atoms with van der Waals surface area (Å²) in [5, 5.41) is 0. The van der Waals surface area contributed by atoms with E-state index in [0.717, 1.165) is 13.0 Å². The van der Waals surface area contributed by atoms with Crippen LogP contribution in [-0.2, 0) is 9.47 Å². The highest BCUT2D eigenvalue weighted by Crippen LogP contribution is 2.16. The van der Waals surface area contributed by atoms with E-state index in [0.29, 0.717) is 19.6 Å². The van der Waals surface area contributed by atoms with Gasteiger partial charge >= 0.3 is 0 Å². The third-order valence-corrected chi connectivity index (χ3v) is 2.19. The van der Waals surface area contributed by atoms with Gasteiger partial charge in [0.2, 0.25) is 6.54 Å². The molecule has 1 aliphatic rings. The average molecular weight is 198 g/mol. The highest BCUT2D eigenvalue weighted by molar-refractivity contribution is 4.69. The second kappa shape index (κ2) is 5.97. The lowest BCUT2D eigenvalue weighted by Gasteiger charge is -2.13. The van der Waals surface area contributed by atoms with Crippen LogP contribution in [0.2, 0.25) is 0 Å². The Hall–Kier alpha value is -0.630. The number of ether oxygens (including phenoxy) is 2. The summed E-state index contributed by atoms with van der Waals surface area (Å²) in [6, 6.07) is 0. The van der Waals surface area contributed by atoms with Crippen molar-refractivity contribution < 1.29 is 9.47 Å². The van der Waals surface area contributed by atoms with Crippen molar-refractivity contribution >= 4 is 0 Å². The fraction of sp³-hybridized carbons (Fsp3) is 0.900. The molecule has 4 nitrogen and oxygen atoms in total. The maximum absolute atomic E-state index is 6.66. The molecule has 0 radical (unpaired) electrons. The number of nitrogens with zero attached hydrogens (tertiary/aromatic N) is 2. The van der Waals surface area contributed by atoms with Crippen LogP contribution in [0, 0.1) is 6.57 Å². The molecule has 0 saturated carbocycles. The Bertz CT molecular complexity index is 201. The van der Waals surface area contributed by atoms with Gasteiger partial charge in [-0.2, -0.15) is 0 Å². The molecule has 2 atom stereocenters. The molecule has 1 fully saturated rings. The first kappa shape index (κ1) is 11.4. The molecule has 1 heterocycles. The molecule has 1 saturated heterocycles. The maximum Gasteiger partial charge on any atom is 0.219 e. The van der Waals surface area contributed by atoms with E-state index in [1.165, 1.54) is 0 Å². The summed E-state index contributed by atoms with van der Waals surface area (Å²) in [5.74, 6) is 0. The predicted molar refractivity (Wildman–Crippen MR) is 53.9 cm³/mol. The summed E-state index contributed by atoms with van der Waals surface area (Å²) in [7, 11) is 4.10. The van der Waals surface area contributed by atoms with Gasteiger partial charge < -0.3 is 19.2 Å². The van der Waals surface area contributed by atoms with Crippen LogP contribution in [0.1, 0.15) is 12.8 Å². The van der Waals surface area contributed by atoms with Crippen molar-refractivity contribution in [2.45, 2.75) is 25.2 Å². The van der Waals surface area contributed by atoms with E-state index in [1.54, 1.807) is 0 Å². The quantitative estimate of drug-likeness (QED) is 0.616. The molecule has 0 amide bonds. The van der Waals surface area contributed by atoms with E-state index < -0.39 is 0 Å². The maximum atomic E-state index is 6.66. The van der Waals surface area contributed by atoms with Gasteiger partial charge in [0.15, 0.2) is 6.29 Å². The molecule has 1 aliphatic heterocycles. The van der Waals surface area contributed by atoms with E-state index in [4.69, 9.17) is 16.0 Å². The summed E-state index contributed by atoms with van der Waals surface area (Å²) in [6.45, 7) is 8.85. The lowest BCUT2D eigenvalue weighted by Crippen LogP contribution is -2.21. The van der Waals surface area contributed by atoms with E-state index in [9.17, 15) is 0 Å².